The van der Waals surface area contributed by atoms with Crippen molar-refractivity contribution in [3.05, 3.63) is 48.5 Å². The van der Waals surface area contributed by atoms with Gasteiger partial charge < -0.3 is 4.74 Å². The van der Waals surface area contributed by atoms with Crippen molar-refractivity contribution >= 4 is 5.78 Å². The van der Waals surface area contributed by atoms with Gasteiger partial charge in [-0.1, -0.05) is 24.3 Å². The normalized spacial score (nSPS) is 17.4. The minimum atomic E-state index is 0.406. The SMILES string of the molecule is CC(c1ccc(-c2cnc3ncnn3c2)cc1)N1CCOCC1. The highest BCUT2D eigenvalue weighted by Crippen LogP contribution is 2.25. The fourth-order valence-corrected chi connectivity index (χ4v) is 3.00. The van der Waals surface area contributed by atoms with Crippen molar-refractivity contribution in [1.29, 1.82) is 0 Å². The van der Waals surface area contributed by atoms with Crippen LogP contribution in [0.3, 0.4) is 0 Å². The number of nitrogens with zero attached hydrogens (tertiary/aromatic N) is 5. The van der Waals surface area contributed by atoms with Gasteiger partial charge >= 0.3 is 0 Å². The van der Waals surface area contributed by atoms with Crippen LogP contribution < -0.4 is 0 Å². The summed E-state index contributed by atoms with van der Waals surface area (Å²) in [5, 5.41) is 4.14. The van der Waals surface area contributed by atoms with Gasteiger partial charge in [0.25, 0.3) is 5.78 Å². The number of morpholine rings is 1. The second-order valence-corrected chi connectivity index (χ2v) is 5.79. The summed E-state index contributed by atoms with van der Waals surface area (Å²) in [4.78, 5) is 10.8. The number of hydrogen-bond donors (Lipinski definition) is 0. The molecule has 1 aliphatic rings. The zero-order chi connectivity index (χ0) is 15.6. The van der Waals surface area contributed by atoms with Crippen molar-refractivity contribution in [1.82, 2.24) is 24.5 Å². The van der Waals surface area contributed by atoms with Gasteiger partial charge in [-0.2, -0.15) is 10.1 Å². The Morgan fingerprint density at radius 2 is 1.83 bits per heavy atom. The number of ether oxygens (including phenoxy) is 1. The van der Waals surface area contributed by atoms with Gasteiger partial charge in [0.2, 0.25) is 0 Å². The van der Waals surface area contributed by atoms with Crippen molar-refractivity contribution in [2.45, 2.75) is 13.0 Å². The number of aromatic nitrogens is 4. The summed E-state index contributed by atoms with van der Waals surface area (Å²) >= 11 is 0. The zero-order valence-corrected chi connectivity index (χ0v) is 13.1. The smallest absolute Gasteiger partial charge is 0.252 e. The lowest BCUT2D eigenvalue weighted by Crippen LogP contribution is -2.37. The van der Waals surface area contributed by atoms with Crippen molar-refractivity contribution in [2.75, 3.05) is 26.3 Å². The van der Waals surface area contributed by atoms with Gasteiger partial charge in [0, 0.05) is 37.1 Å². The molecule has 3 heterocycles. The van der Waals surface area contributed by atoms with Gasteiger partial charge in [-0.3, -0.25) is 4.90 Å². The quantitative estimate of drug-likeness (QED) is 0.742. The van der Waals surface area contributed by atoms with Crippen molar-refractivity contribution in [3.63, 3.8) is 0 Å². The molecule has 6 nitrogen and oxygen atoms in total. The second-order valence-electron chi connectivity index (χ2n) is 5.79. The molecule has 0 amide bonds. The average Bonchev–Trinajstić information content (AvgIpc) is 3.10. The van der Waals surface area contributed by atoms with E-state index in [1.54, 1.807) is 4.52 Å². The van der Waals surface area contributed by atoms with Gasteiger partial charge in [-0.25, -0.2) is 9.50 Å². The van der Waals surface area contributed by atoms with Crippen molar-refractivity contribution in [3.8, 4) is 11.1 Å². The highest BCUT2D eigenvalue weighted by molar-refractivity contribution is 5.62. The highest BCUT2D eigenvalue weighted by Gasteiger charge is 2.18. The third-order valence-electron chi connectivity index (χ3n) is 4.45. The zero-order valence-electron chi connectivity index (χ0n) is 13.1. The molecule has 0 spiro atoms. The van der Waals surface area contributed by atoms with Crippen molar-refractivity contribution < 1.29 is 4.74 Å². The Hall–Kier alpha value is -2.31. The van der Waals surface area contributed by atoms with Gasteiger partial charge in [-0.05, 0) is 18.1 Å². The Kier molecular flexibility index (Phi) is 3.77. The molecular weight excluding hydrogens is 290 g/mol. The van der Waals surface area contributed by atoms with Crippen LogP contribution >= 0.6 is 0 Å². The summed E-state index contributed by atoms with van der Waals surface area (Å²) in [7, 11) is 0. The largest absolute Gasteiger partial charge is 0.379 e. The molecule has 0 N–H and O–H groups in total. The van der Waals surface area contributed by atoms with Crippen LogP contribution in [-0.2, 0) is 4.74 Å². The number of hydrogen-bond acceptors (Lipinski definition) is 5. The van der Waals surface area contributed by atoms with Gasteiger partial charge in [0.1, 0.15) is 6.33 Å². The maximum atomic E-state index is 5.43. The summed E-state index contributed by atoms with van der Waals surface area (Å²) in [6.07, 6.45) is 5.30. The summed E-state index contributed by atoms with van der Waals surface area (Å²) < 4.78 is 7.12. The summed E-state index contributed by atoms with van der Waals surface area (Å²) in [5.41, 5.74) is 3.49. The predicted molar refractivity (Wildman–Crippen MR) is 87.0 cm³/mol. The summed E-state index contributed by atoms with van der Waals surface area (Å²) in [6.45, 7) is 5.90. The lowest BCUT2D eigenvalue weighted by Gasteiger charge is -2.32. The second kappa shape index (κ2) is 6.06. The standard InChI is InChI=1S/C17H19N5O/c1-13(21-6-8-23-9-7-21)14-2-4-15(5-3-14)16-10-18-17-19-12-20-22(17)11-16/h2-5,10-13H,6-9H2,1H3. The number of fused-ring (bicyclic) bond motifs is 1. The highest BCUT2D eigenvalue weighted by atomic mass is 16.5. The lowest BCUT2D eigenvalue weighted by molar-refractivity contribution is 0.0198. The van der Waals surface area contributed by atoms with E-state index in [1.165, 1.54) is 11.9 Å². The molecule has 0 saturated carbocycles. The summed E-state index contributed by atoms with van der Waals surface area (Å²) in [6, 6.07) is 9.09. The molecule has 3 aromatic rings. The Balaban J connectivity index is 1.57. The van der Waals surface area contributed by atoms with E-state index in [-0.39, 0.29) is 0 Å². The van der Waals surface area contributed by atoms with E-state index in [4.69, 9.17) is 4.74 Å². The van der Waals surface area contributed by atoms with E-state index >= 15 is 0 Å². The first-order valence-corrected chi connectivity index (χ1v) is 7.89. The van der Waals surface area contributed by atoms with E-state index in [2.05, 4.69) is 51.2 Å². The molecule has 0 radical (unpaired) electrons. The average molecular weight is 309 g/mol. The van der Waals surface area contributed by atoms with Crippen LogP contribution in [0.25, 0.3) is 16.9 Å². The Labute approximate surface area is 134 Å². The minimum Gasteiger partial charge on any atom is -0.379 e. The number of benzene rings is 1. The van der Waals surface area contributed by atoms with E-state index in [0.29, 0.717) is 11.8 Å². The van der Waals surface area contributed by atoms with Crippen LogP contribution in [0.15, 0.2) is 43.0 Å². The third-order valence-corrected chi connectivity index (χ3v) is 4.45. The van der Waals surface area contributed by atoms with E-state index < -0.39 is 0 Å². The van der Waals surface area contributed by atoms with Crippen LogP contribution in [0.2, 0.25) is 0 Å². The van der Waals surface area contributed by atoms with Gasteiger partial charge in [0.05, 0.1) is 13.2 Å². The maximum Gasteiger partial charge on any atom is 0.252 e. The minimum absolute atomic E-state index is 0.406. The van der Waals surface area contributed by atoms with Gasteiger partial charge in [-0.15, -0.1) is 0 Å². The molecule has 1 aromatic carbocycles. The molecule has 1 unspecified atom stereocenters. The fourth-order valence-electron chi connectivity index (χ4n) is 3.00. The topological polar surface area (TPSA) is 55.5 Å². The Morgan fingerprint density at radius 3 is 2.61 bits per heavy atom. The monoisotopic (exact) mass is 309 g/mol. The summed E-state index contributed by atoms with van der Waals surface area (Å²) in [5.74, 6) is 0.617. The Morgan fingerprint density at radius 1 is 1.04 bits per heavy atom. The van der Waals surface area contributed by atoms with E-state index in [9.17, 15) is 0 Å². The van der Waals surface area contributed by atoms with Crippen LogP contribution in [-0.4, -0.2) is 50.8 Å². The molecule has 6 heteroatoms. The van der Waals surface area contributed by atoms with Crippen molar-refractivity contribution in [2.24, 2.45) is 0 Å². The van der Waals surface area contributed by atoms with Crippen LogP contribution in [0.5, 0.6) is 0 Å². The third kappa shape index (κ3) is 2.83. The molecule has 0 aliphatic carbocycles. The maximum absolute atomic E-state index is 5.43. The lowest BCUT2D eigenvalue weighted by atomic mass is 10.0. The molecule has 1 atom stereocenters. The molecular formula is C17H19N5O. The molecule has 1 fully saturated rings. The van der Waals surface area contributed by atoms with Crippen LogP contribution in [0.4, 0.5) is 0 Å². The first-order valence-electron chi connectivity index (χ1n) is 7.89. The molecule has 1 saturated heterocycles. The van der Waals surface area contributed by atoms with E-state index in [1.807, 2.05) is 12.4 Å². The molecule has 2 aromatic heterocycles. The molecule has 1 aliphatic heterocycles. The number of rotatable bonds is 3. The van der Waals surface area contributed by atoms with Gasteiger partial charge in [0.15, 0.2) is 0 Å². The first kappa shape index (κ1) is 14.3. The van der Waals surface area contributed by atoms with Crippen LogP contribution in [0.1, 0.15) is 18.5 Å². The molecule has 4 rings (SSSR count). The first-order chi connectivity index (χ1) is 11.3. The molecule has 23 heavy (non-hydrogen) atoms. The van der Waals surface area contributed by atoms with E-state index in [0.717, 1.165) is 37.4 Å². The fraction of sp³-hybridized carbons (Fsp3) is 0.353. The molecule has 118 valence electrons. The Bertz CT molecular complexity index is 792. The van der Waals surface area contributed by atoms with Crippen LogP contribution in [0, 0.1) is 0 Å². The predicted octanol–water partition coefficient (Wildman–Crippen LogP) is 2.18. The molecule has 0 bridgehead atoms.